The van der Waals surface area contributed by atoms with Gasteiger partial charge >= 0.3 is 0 Å². The first-order valence-electron chi connectivity index (χ1n) is 6.65. The molecule has 0 aliphatic rings. The topological polar surface area (TPSA) is 64.3 Å². The molecular formula is C16H20N2O2. The number of carbonyl (C=O) groups excluding carboxylic acids is 1. The van der Waals surface area contributed by atoms with Crippen molar-refractivity contribution in [3.8, 4) is 5.75 Å². The highest BCUT2D eigenvalue weighted by Crippen LogP contribution is 2.21. The summed E-state index contributed by atoms with van der Waals surface area (Å²) in [5, 5.41) is 5.25. The summed E-state index contributed by atoms with van der Waals surface area (Å²) in [6.45, 7) is 2.21. The molecule has 2 aromatic carbocycles. The van der Waals surface area contributed by atoms with Crippen molar-refractivity contribution in [3.63, 3.8) is 0 Å². The van der Waals surface area contributed by atoms with Gasteiger partial charge in [0.15, 0.2) is 0 Å². The van der Waals surface area contributed by atoms with Gasteiger partial charge in [0.05, 0.1) is 12.1 Å². The highest BCUT2D eigenvalue weighted by Gasteiger charge is 2.28. The highest BCUT2D eigenvalue weighted by atomic mass is 16.5. The molecule has 2 rings (SSSR count). The zero-order valence-corrected chi connectivity index (χ0v) is 11.8. The minimum absolute atomic E-state index is 0.373. The summed E-state index contributed by atoms with van der Waals surface area (Å²) in [5.41, 5.74) is 4.64. The molecule has 4 heteroatoms. The lowest BCUT2D eigenvalue weighted by Crippen LogP contribution is -2.52. The van der Waals surface area contributed by atoms with E-state index in [0.717, 1.165) is 11.1 Å². The van der Waals surface area contributed by atoms with Crippen LogP contribution < -0.4 is 15.8 Å². The van der Waals surface area contributed by atoms with Crippen LogP contribution in [0, 0.1) is 0 Å². The fourth-order valence-corrected chi connectivity index (χ4v) is 2.00. The average molecular weight is 272 g/mol. The van der Waals surface area contributed by atoms with Crippen LogP contribution in [0.15, 0.2) is 42.5 Å². The smallest absolute Gasteiger partial charge is 0.237 e. The first-order valence-corrected chi connectivity index (χ1v) is 6.65. The molecule has 0 spiro atoms. The van der Waals surface area contributed by atoms with Crippen LogP contribution in [-0.4, -0.2) is 25.1 Å². The summed E-state index contributed by atoms with van der Waals surface area (Å²) < 4.78 is 5.71. The van der Waals surface area contributed by atoms with Crippen molar-refractivity contribution in [1.29, 1.82) is 0 Å². The number of carbonyl (C=O) groups is 1. The van der Waals surface area contributed by atoms with Crippen LogP contribution >= 0.6 is 0 Å². The molecule has 0 saturated carbocycles. The van der Waals surface area contributed by atoms with Crippen molar-refractivity contribution in [2.24, 2.45) is 5.73 Å². The SMILES string of the molecule is CNC(C)(CCOc1ccc2ccccc2c1)C(N)=O. The lowest BCUT2D eigenvalue weighted by atomic mass is 9.98. The van der Waals surface area contributed by atoms with Crippen LogP contribution in [0.2, 0.25) is 0 Å². The van der Waals surface area contributed by atoms with E-state index < -0.39 is 5.54 Å². The minimum atomic E-state index is -0.739. The molecule has 1 unspecified atom stereocenters. The van der Waals surface area contributed by atoms with E-state index in [0.29, 0.717) is 13.0 Å². The summed E-state index contributed by atoms with van der Waals surface area (Å²) in [7, 11) is 1.72. The van der Waals surface area contributed by atoms with Gasteiger partial charge in [-0.25, -0.2) is 0 Å². The van der Waals surface area contributed by atoms with Gasteiger partial charge in [0.2, 0.25) is 5.91 Å². The van der Waals surface area contributed by atoms with E-state index in [9.17, 15) is 4.79 Å². The van der Waals surface area contributed by atoms with Crippen molar-refractivity contribution < 1.29 is 9.53 Å². The number of hydrogen-bond acceptors (Lipinski definition) is 3. The number of rotatable bonds is 6. The van der Waals surface area contributed by atoms with Gasteiger partial charge in [-0.05, 0) is 36.9 Å². The molecule has 3 N–H and O–H groups in total. The Hall–Kier alpha value is -2.07. The van der Waals surface area contributed by atoms with Crippen molar-refractivity contribution in [1.82, 2.24) is 5.32 Å². The normalized spacial score (nSPS) is 13.9. The van der Waals surface area contributed by atoms with E-state index in [1.54, 1.807) is 14.0 Å². The highest BCUT2D eigenvalue weighted by molar-refractivity contribution is 5.84. The van der Waals surface area contributed by atoms with Gasteiger partial charge in [-0.2, -0.15) is 0 Å². The predicted octanol–water partition coefficient (Wildman–Crippen LogP) is 2.07. The third-order valence-corrected chi connectivity index (χ3v) is 3.69. The maximum Gasteiger partial charge on any atom is 0.237 e. The molecule has 0 bridgehead atoms. The Kier molecular flexibility index (Phi) is 4.25. The Morgan fingerprint density at radius 3 is 2.60 bits per heavy atom. The third-order valence-electron chi connectivity index (χ3n) is 3.69. The summed E-state index contributed by atoms with van der Waals surface area (Å²) >= 11 is 0. The molecular weight excluding hydrogens is 252 g/mol. The molecule has 106 valence electrons. The number of ether oxygens (including phenoxy) is 1. The molecule has 1 atom stereocenters. The maximum atomic E-state index is 11.4. The molecule has 0 radical (unpaired) electrons. The lowest BCUT2D eigenvalue weighted by Gasteiger charge is -2.25. The molecule has 20 heavy (non-hydrogen) atoms. The first-order chi connectivity index (χ1) is 9.55. The van der Waals surface area contributed by atoms with Crippen LogP contribution in [0.5, 0.6) is 5.75 Å². The van der Waals surface area contributed by atoms with E-state index >= 15 is 0 Å². The number of nitrogens with one attached hydrogen (secondary N) is 1. The van der Waals surface area contributed by atoms with Crippen LogP contribution in [0.4, 0.5) is 0 Å². The Morgan fingerprint density at radius 1 is 1.25 bits per heavy atom. The van der Waals surface area contributed by atoms with Gasteiger partial charge in [-0.1, -0.05) is 30.3 Å². The summed E-state index contributed by atoms with van der Waals surface area (Å²) in [5.74, 6) is 0.425. The Bertz CT molecular complexity index is 612. The summed E-state index contributed by atoms with van der Waals surface area (Å²) in [6.07, 6.45) is 0.520. The van der Waals surface area contributed by atoms with Gasteiger partial charge in [0.25, 0.3) is 0 Å². The zero-order chi connectivity index (χ0) is 14.6. The zero-order valence-electron chi connectivity index (χ0n) is 11.8. The number of nitrogens with two attached hydrogens (primary N) is 1. The number of primary amides is 1. The number of likely N-dealkylation sites (N-methyl/N-ethyl adjacent to an activating group) is 1. The Labute approximate surface area is 118 Å². The maximum absolute atomic E-state index is 11.4. The largest absolute Gasteiger partial charge is 0.493 e. The van der Waals surface area contributed by atoms with Gasteiger partial charge < -0.3 is 15.8 Å². The van der Waals surface area contributed by atoms with E-state index in [2.05, 4.69) is 11.4 Å². The van der Waals surface area contributed by atoms with Crippen LogP contribution in [0.3, 0.4) is 0 Å². The fourth-order valence-electron chi connectivity index (χ4n) is 2.00. The number of fused-ring (bicyclic) bond motifs is 1. The summed E-state index contributed by atoms with van der Waals surface area (Å²) in [6, 6.07) is 14.1. The van der Waals surface area contributed by atoms with Crippen LogP contribution in [-0.2, 0) is 4.79 Å². The molecule has 0 aromatic heterocycles. The fraction of sp³-hybridized carbons (Fsp3) is 0.312. The second-order valence-corrected chi connectivity index (χ2v) is 5.05. The van der Waals surface area contributed by atoms with E-state index in [1.807, 2.05) is 36.4 Å². The molecule has 0 heterocycles. The van der Waals surface area contributed by atoms with Gasteiger partial charge in [0.1, 0.15) is 5.75 Å². The van der Waals surface area contributed by atoms with E-state index in [4.69, 9.17) is 10.5 Å². The van der Waals surface area contributed by atoms with Crippen molar-refractivity contribution >= 4 is 16.7 Å². The van der Waals surface area contributed by atoms with Gasteiger partial charge in [0, 0.05) is 6.42 Å². The Balaban J connectivity index is 2.01. The quantitative estimate of drug-likeness (QED) is 0.846. The standard InChI is InChI=1S/C16H20N2O2/c1-16(18-2,15(17)19)9-10-20-14-8-7-12-5-3-4-6-13(12)11-14/h3-8,11,18H,9-10H2,1-2H3,(H2,17,19). The average Bonchev–Trinajstić information content (AvgIpc) is 2.46. The van der Waals surface area contributed by atoms with Crippen molar-refractivity contribution in [2.75, 3.05) is 13.7 Å². The molecule has 1 amide bonds. The Morgan fingerprint density at radius 2 is 1.95 bits per heavy atom. The van der Waals surface area contributed by atoms with Crippen molar-refractivity contribution in [3.05, 3.63) is 42.5 Å². The lowest BCUT2D eigenvalue weighted by molar-refractivity contribution is -0.124. The molecule has 0 fully saturated rings. The van der Waals surface area contributed by atoms with Gasteiger partial charge in [-0.3, -0.25) is 4.79 Å². The second-order valence-electron chi connectivity index (χ2n) is 5.05. The summed E-state index contributed by atoms with van der Waals surface area (Å²) in [4.78, 5) is 11.4. The van der Waals surface area contributed by atoms with Gasteiger partial charge in [-0.15, -0.1) is 0 Å². The number of benzene rings is 2. The number of amides is 1. The second kappa shape index (κ2) is 5.92. The molecule has 4 nitrogen and oxygen atoms in total. The first kappa shape index (κ1) is 14.3. The van der Waals surface area contributed by atoms with E-state index in [-0.39, 0.29) is 5.91 Å². The third kappa shape index (κ3) is 3.08. The monoisotopic (exact) mass is 272 g/mol. The number of hydrogen-bond donors (Lipinski definition) is 2. The van der Waals surface area contributed by atoms with Crippen LogP contribution in [0.1, 0.15) is 13.3 Å². The van der Waals surface area contributed by atoms with E-state index in [1.165, 1.54) is 5.39 Å². The minimum Gasteiger partial charge on any atom is -0.493 e. The molecule has 2 aromatic rings. The van der Waals surface area contributed by atoms with Crippen LogP contribution in [0.25, 0.3) is 10.8 Å². The molecule has 0 aliphatic carbocycles. The molecule has 0 aliphatic heterocycles. The molecule has 0 saturated heterocycles. The predicted molar refractivity (Wildman–Crippen MR) is 80.7 cm³/mol. The van der Waals surface area contributed by atoms with Crippen molar-refractivity contribution in [2.45, 2.75) is 18.9 Å².